The van der Waals surface area contributed by atoms with Crippen LogP contribution in [0.5, 0.6) is 11.5 Å². The molecule has 1 aliphatic rings. The summed E-state index contributed by atoms with van der Waals surface area (Å²) in [5.41, 5.74) is 2.62. The van der Waals surface area contributed by atoms with Crippen LogP contribution in [0, 0.1) is 6.92 Å². The lowest BCUT2D eigenvalue weighted by Crippen LogP contribution is -2.17. The molecular formula is C19H20N4O3. The molecule has 7 heteroatoms. The van der Waals surface area contributed by atoms with Crippen molar-refractivity contribution in [3.8, 4) is 11.5 Å². The van der Waals surface area contributed by atoms with Gasteiger partial charge in [-0.25, -0.2) is 9.67 Å². The topological polar surface area (TPSA) is 78.3 Å². The Morgan fingerprint density at radius 2 is 1.96 bits per heavy atom. The first-order valence-electron chi connectivity index (χ1n) is 8.59. The number of benzene rings is 1. The molecule has 0 fully saturated rings. The van der Waals surface area contributed by atoms with Crippen LogP contribution < -0.4 is 14.8 Å². The summed E-state index contributed by atoms with van der Waals surface area (Å²) < 4.78 is 12.9. The maximum Gasteiger partial charge on any atom is 0.257 e. The first-order chi connectivity index (χ1) is 12.5. The SMILES string of the molecule is Cc1nc2c(cnn2C(C)C)cc1C(=O)Nc1ccc2c(c1)OCCO2. The lowest BCUT2D eigenvalue weighted by Gasteiger charge is -2.19. The van der Waals surface area contributed by atoms with Gasteiger partial charge in [0.25, 0.3) is 5.91 Å². The van der Waals surface area contributed by atoms with Gasteiger partial charge in [-0.05, 0) is 39.0 Å². The molecule has 2 aromatic heterocycles. The summed E-state index contributed by atoms with van der Waals surface area (Å²) in [6.07, 6.45) is 1.74. The molecule has 0 spiro atoms. The molecule has 0 aliphatic carbocycles. The second-order valence-corrected chi connectivity index (χ2v) is 6.53. The third-order valence-corrected chi connectivity index (χ3v) is 4.29. The van der Waals surface area contributed by atoms with Crippen molar-refractivity contribution in [2.45, 2.75) is 26.8 Å². The van der Waals surface area contributed by atoms with E-state index in [1.807, 2.05) is 31.5 Å². The van der Waals surface area contributed by atoms with Gasteiger partial charge in [0, 0.05) is 23.2 Å². The van der Waals surface area contributed by atoms with Gasteiger partial charge in [0.2, 0.25) is 0 Å². The Balaban J connectivity index is 1.63. The Labute approximate surface area is 150 Å². The van der Waals surface area contributed by atoms with E-state index in [4.69, 9.17) is 9.47 Å². The van der Waals surface area contributed by atoms with Crippen molar-refractivity contribution in [1.82, 2.24) is 14.8 Å². The van der Waals surface area contributed by atoms with Crippen molar-refractivity contribution in [2.24, 2.45) is 0 Å². The van der Waals surface area contributed by atoms with Crippen LogP contribution in [-0.2, 0) is 0 Å². The number of fused-ring (bicyclic) bond motifs is 2. The van der Waals surface area contributed by atoms with Crippen LogP contribution in [0.3, 0.4) is 0 Å². The summed E-state index contributed by atoms with van der Waals surface area (Å²) in [6.45, 7) is 6.96. The maximum atomic E-state index is 12.7. The number of amides is 1. The van der Waals surface area contributed by atoms with E-state index >= 15 is 0 Å². The maximum absolute atomic E-state index is 12.7. The van der Waals surface area contributed by atoms with E-state index in [1.54, 1.807) is 24.4 Å². The molecule has 4 rings (SSSR count). The van der Waals surface area contributed by atoms with Crippen LogP contribution in [0.25, 0.3) is 11.0 Å². The van der Waals surface area contributed by atoms with Crippen LogP contribution in [0.2, 0.25) is 0 Å². The molecule has 0 unspecified atom stereocenters. The van der Waals surface area contributed by atoms with E-state index in [-0.39, 0.29) is 11.9 Å². The molecule has 0 radical (unpaired) electrons. The number of carbonyl (C=O) groups excluding carboxylic acids is 1. The van der Waals surface area contributed by atoms with Gasteiger partial charge in [-0.1, -0.05) is 0 Å². The highest BCUT2D eigenvalue weighted by molar-refractivity contribution is 6.06. The number of aryl methyl sites for hydroxylation is 1. The fourth-order valence-corrected chi connectivity index (χ4v) is 2.99. The highest BCUT2D eigenvalue weighted by Crippen LogP contribution is 2.32. The fraction of sp³-hybridized carbons (Fsp3) is 0.316. The normalized spacial score (nSPS) is 13.2. The molecule has 26 heavy (non-hydrogen) atoms. The smallest absolute Gasteiger partial charge is 0.257 e. The van der Waals surface area contributed by atoms with E-state index in [0.717, 1.165) is 11.0 Å². The van der Waals surface area contributed by atoms with Crippen LogP contribution in [-0.4, -0.2) is 33.9 Å². The molecule has 0 bridgehead atoms. The molecule has 7 nitrogen and oxygen atoms in total. The summed E-state index contributed by atoms with van der Waals surface area (Å²) in [5, 5.41) is 8.11. The third kappa shape index (κ3) is 2.85. The van der Waals surface area contributed by atoms with Gasteiger partial charge in [-0.3, -0.25) is 4.79 Å². The number of ether oxygens (including phenoxy) is 2. The minimum absolute atomic E-state index is 0.205. The predicted octanol–water partition coefficient (Wildman–Crippen LogP) is 3.34. The number of nitrogens with one attached hydrogen (secondary N) is 1. The number of anilines is 1. The Hall–Kier alpha value is -3.09. The number of hydrogen-bond donors (Lipinski definition) is 1. The number of rotatable bonds is 3. The quantitative estimate of drug-likeness (QED) is 0.782. The van der Waals surface area contributed by atoms with Crippen LogP contribution in [0.15, 0.2) is 30.5 Å². The molecule has 1 aromatic carbocycles. The molecule has 134 valence electrons. The number of aromatic nitrogens is 3. The summed E-state index contributed by atoms with van der Waals surface area (Å²) >= 11 is 0. The zero-order valence-electron chi connectivity index (χ0n) is 14.9. The zero-order valence-corrected chi connectivity index (χ0v) is 14.9. The van der Waals surface area contributed by atoms with Crippen LogP contribution >= 0.6 is 0 Å². The average Bonchev–Trinajstić information content (AvgIpc) is 3.03. The largest absolute Gasteiger partial charge is 0.486 e. The second kappa shape index (κ2) is 6.33. The van der Waals surface area contributed by atoms with Crippen LogP contribution in [0.1, 0.15) is 35.9 Å². The molecule has 0 atom stereocenters. The third-order valence-electron chi connectivity index (χ3n) is 4.29. The van der Waals surface area contributed by atoms with Gasteiger partial charge >= 0.3 is 0 Å². The molecule has 3 heterocycles. The predicted molar refractivity (Wildman–Crippen MR) is 98.0 cm³/mol. The summed E-state index contributed by atoms with van der Waals surface area (Å²) in [5.74, 6) is 1.11. The van der Waals surface area contributed by atoms with E-state index in [0.29, 0.717) is 41.7 Å². The van der Waals surface area contributed by atoms with E-state index in [1.165, 1.54) is 0 Å². The van der Waals surface area contributed by atoms with Crippen molar-refractivity contribution in [3.05, 3.63) is 41.7 Å². The monoisotopic (exact) mass is 352 g/mol. The summed E-state index contributed by atoms with van der Waals surface area (Å²) in [4.78, 5) is 17.3. The van der Waals surface area contributed by atoms with Gasteiger partial charge in [-0.15, -0.1) is 0 Å². The Morgan fingerprint density at radius 1 is 1.19 bits per heavy atom. The molecule has 0 saturated heterocycles. The average molecular weight is 352 g/mol. The lowest BCUT2D eigenvalue weighted by molar-refractivity contribution is 0.102. The van der Waals surface area contributed by atoms with Crippen molar-refractivity contribution >= 4 is 22.6 Å². The highest BCUT2D eigenvalue weighted by Gasteiger charge is 2.17. The van der Waals surface area contributed by atoms with E-state index in [2.05, 4.69) is 15.4 Å². The van der Waals surface area contributed by atoms with Crippen molar-refractivity contribution in [1.29, 1.82) is 0 Å². The van der Waals surface area contributed by atoms with Crippen molar-refractivity contribution < 1.29 is 14.3 Å². The Morgan fingerprint density at radius 3 is 2.73 bits per heavy atom. The van der Waals surface area contributed by atoms with Crippen LogP contribution in [0.4, 0.5) is 5.69 Å². The minimum atomic E-state index is -0.217. The zero-order chi connectivity index (χ0) is 18.3. The molecular weight excluding hydrogens is 332 g/mol. The standard InChI is InChI=1S/C19H20N4O3/c1-11(2)23-18-13(10-20-23)8-15(12(3)21-18)19(24)22-14-4-5-16-17(9-14)26-7-6-25-16/h4-5,8-11H,6-7H2,1-3H3,(H,22,24). The number of nitrogens with zero attached hydrogens (tertiary/aromatic N) is 3. The van der Waals surface area contributed by atoms with Gasteiger partial charge in [0.05, 0.1) is 17.5 Å². The number of carbonyl (C=O) groups is 1. The molecule has 1 amide bonds. The second-order valence-electron chi connectivity index (χ2n) is 6.53. The molecule has 0 saturated carbocycles. The van der Waals surface area contributed by atoms with Gasteiger partial charge in [0.15, 0.2) is 17.1 Å². The van der Waals surface area contributed by atoms with Gasteiger partial charge in [0.1, 0.15) is 13.2 Å². The van der Waals surface area contributed by atoms with E-state index in [9.17, 15) is 4.79 Å². The molecule has 3 aromatic rings. The Bertz CT molecular complexity index is 994. The fourth-order valence-electron chi connectivity index (χ4n) is 2.99. The van der Waals surface area contributed by atoms with Gasteiger partial charge in [-0.2, -0.15) is 5.10 Å². The number of pyridine rings is 1. The Kier molecular flexibility index (Phi) is 3.99. The first kappa shape index (κ1) is 16.4. The highest BCUT2D eigenvalue weighted by atomic mass is 16.6. The molecule has 1 aliphatic heterocycles. The van der Waals surface area contributed by atoms with Gasteiger partial charge < -0.3 is 14.8 Å². The lowest BCUT2D eigenvalue weighted by atomic mass is 10.1. The van der Waals surface area contributed by atoms with Crippen molar-refractivity contribution in [3.63, 3.8) is 0 Å². The summed E-state index contributed by atoms with van der Waals surface area (Å²) in [7, 11) is 0. The first-order valence-corrected chi connectivity index (χ1v) is 8.59. The number of hydrogen-bond acceptors (Lipinski definition) is 5. The minimum Gasteiger partial charge on any atom is -0.486 e. The summed E-state index contributed by atoms with van der Waals surface area (Å²) in [6, 6.07) is 7.40. The molecule has 1 N–H and O–H groups in total. The van der Waals surface area contributed by atoms with Crippen molar-refractivity contribution in [2.75, 3.05) is 18.5 Å². The van der Waals surface area contributed by atoms with E-state index < -0.39 is 0 Å².